The highest BCUT2D eigenvalue weighted by Crippen LogP contribution is 2.32. The number of halogens is 3. The van der Waals surface area contributed by atoms with Crippen molar-refractivity contribution in [3.05, 3.63) is 55.9 Å². The Kier molecular flexibility index (Phi) is 6.95. The van der Waals surface area contributed by atoms with Crippen LogP contribution in [0, 0.1) is 0 Å². The zero-order valence-corrected chi connectivity index (χ0v) is 16.3. The summed E-state index contributed by atoms with van der Waals surface area (Å²) in [6.07, 6.45) is 1.50. The second-order valence-corrected chi connectivity index (χ2v) is 7.56. The average Bonchev–Trinajstić information content (AvgIpc) is 2.52. The molecule has 2 N–H and O–H groups in total. The lowest BCUT2D eigenvalue weighted by Crippen LogP contribution is -2.19. The van der Waals surface area contributed by atoms with E-state index in [1.165, 1.54) is 18.0 Å². The molecule has 0 aromatic heterocycles. The van der Waals surface area contributed by atoms with Gasteiger partial charge in [0.25, 0.3) is 0 Å². The fourth-order valence-corrected chi connectivity index (χ4v) is 3.59. The maximum Gasteiger partial charge on any atom is 0.250 e. The highest BCUT2D eigenvalue weighted by Gasteiger charge is 2.05. The predicted molar refractivity (Wildman–Crippen MR) is 101 cm³/mol. The van der Waals surface area contributed by atoms with Crippen molar-refractivity contribution in [2.75, 3.05) is 5.75 Å². The van der Waals surface area contributed by atoms with Crippen molar-refractivity contribution in [1.29, 1.82) is 0 Å². The summed E-state index contributed by atoms with van der Waals surface area (Å²) in [5.74, 6) is 0.158. The van der Waals surface area contributed by atoms with E-state index in [-0.39, 0.29) is 17.4 Å². The first-order valence-corrected chi connectivity index (χ1v) is 9.29. The largest absolute Gasteiger partial charge is 0.506 e. The Hall–Kier alpha value is -1.02. The first-order valence-electron chi connectivity index (χ1n) is 6.34. The van der Waals surface area contributed by atoms with Crippen LogP contribution in [0.1, 0.15) is 5.56 Å². The minimum absolute atomic E-state index is 0.116. The number of phenolic OH excluding ortho intramolecular Hbond substituents is 1. The molecule has 0 atom stereocenters. The first kappa shape index (κ1) is 18.3. The molecule has 0 aliphatic rings. The number of nitrogens with one attached hydrogen (secondary N) is 1. The highest BCUT2D eigenvalue weighted by atomic mass is 79.9. The molecule has 2 aromatic carbocycles. The van der Waals surface area contributed by atoms with E-state index in [0.29, 0.717) is 14.0 Å². The monoisotopic (exact) mass is 476 g/mol. The molecule has 0 saturated carbocycles. The fraction of sp³-hybridized carbons (Fsp3) is 0.0667. The van der Waals surface area contributed by atoms with Crippen LogP contribution in [0.5, 0.6) is 5.75 Å². The van der Waals surface area contributed by atoms with E-state index in [1.807, 2.05) is 12.1 Å². The molecule has 0 fully saturated rings. The normalized spacial score (nSPS) is 10.9. The van der Waals surface area contributed by atoms with Crippen molar-refractivity contribution in [3.63, 3.8) is 0 Å². The number of benzene rings is 2. The van der Waals surface area contributed by atoms with Gasteiger partial charge in [0.05, 0.1) is 20.9 Å². The van der Waals surface area contributed by atoms with Crippen LogP contribution in [0.15, 0.2) is 55.3 Å². The van der Waals surface area contributed by atoms with Crippen LogP contribution in [0.2, 0.25) is 5.02 Å². The molecule has 0 unspecified atom stereocenters. The maximum absolute atomic E-state index is 11.7. The Bertz CT molecular complexity index is 716. The van der Waals surface area contributed by atoms with E-state index in [9.17, 15) is 9.90 Å². The molecule has 0 bridgehead atoms. The summed E-state index contributed by atoms with van der Waals surface area (Å²) < 4.78 is 1.08. The van der Waals surface area contributed by atoms with Crippen LogP contribution < -0.4 is 5.43 Å². The molecular weight excluding hydrogens is 468 g/mol. The standard InChI is InChI=1S/C15H11Br2ClN2O2S/c16-12-5-9(6-13(17)15(12)22)7-19-20-14(21)8-23-11-3-1-10(18)2-4-11/h1-7,22H,8H2,(H,20,21)/b19-7-. The van der Waals surface area contributed by atoms with Crippen LogP contribution in [-0.2, 0) is 4.79 Å². The number of hydrogen-bond acceptors (Lipinski definition) is 4. The number of hydrogen-bond donors (Lipinski definition) is 2. The molecule has 0 radical (unpaired) electrons. The smallest absolute Gasteiger partial charge is 0.250 e. The number of rotatable bonds is 5. The van der Waals surface area contributed by atoms with Crippen molar-refractivity contribution in [2.45, 2.75) is 4.90 Å². The number of aromatic hydroxyl groups is 1. The van der Waals surface area contributed by atoms with Crippen LogP contribution >= 0.6 is 55.2 Å². The quantitative estimate of drug-likeness (QED) is 0.368. The molecule has 0 aliphatic heterocycles. The van der Waals surface area contributed by atoms with E-state index in [0.717, 1.165) is 10.5 Å². The topological polar surface area (TPSA) is 61.7 Å². The van der Waals surface area contributed by atoms with E-state index in [4.69, 9.17) is 11.6 Å². The first-order chi connectivity index (χ1) is 11.0. The summed E-state index contributed by atoms with van der Waals surface area (Å²) >= 11 is 13.7. The summed E-state index contributed by atoms with van der Waals surface area (Å²) in [5.41, 5.74) is 3.19. The van der Waals surface area contributed by atoms with Gasteiger partial charge < -0.3 is 5.11 Å². The zero-order chi connectivity index (χ0) is 16.8. The molecule has 8 heteroatoms. The lowest BCUT2D eigenvalue weighted by molar-refractivity contribution is -0.118. The van der Waals surface area contributed by atoms with Gasteiger partial charge in [-0.1, -0.05) is 11.6 Å². The third kappa shape index (κ3) is 5.84. The third-order valence-corrected chi connectivity index (χ3v) is 5.10. The molecule has 120 valence electrons. The van der Waals surface area contributed by atoms with Crippen molar-refractivity contribution in [3.8, 4) is 5.75 Å². The Morgan fingerprint density at radius 1 is 1.26 bits per heavy atom. The summed E-state index contributed by atoms with van der Waals surface area (Å²) in [6, 6.07) is 10.7. The van der Waals surface area contributed by atoms with Crippen molar-refractivity contribution in [2.24, 2.45) is 5.10 Å². The number of carbonyl (C=O) groups excluding carboxylic acids is 1. The number of carbonyl (C=O) groups is 1. The van der Waals surface area contributed by atoms with Crippen LogP contribution in [-0.4, -0.2) is 23.0 Å². The van der Waals surface area contributed by atoms with Gasteiger partial charge in [-0.2, -0.15) is 5.10 Å². The van der Waals surface area contributed by atoms with Gasteiger partial charge in [-0.15, -0.1) is 11.8 Å². The van der Waals surface area contributed by atoms with Crippen molar-refractivity contribution in [1.82, 2.24) is 5.43 Å². The Labute approximate surface area is 159 Å². The van der Waals surface area contributed by atoms with E-state index in [2.05, 4.69) is 42.4 Å². The predicted octanol–water partition coefficient (Wildman–Crippen LogP) is 4.81. The minimum Gasteiger partial charge on any atom is -0.506 e. The molecule has 2 aromatic rings. The second kappa shape index (κ2) is 8.73. The van der Waals surface area contributed by atoms with E-state index in [1.54, 1.807) is 24.3 Å². The number of amides is 1. The second-order valence-electron chi connectivity index (χ2n) is 4.37. The summed E-state index contributed by atoms with van der Waals surface area (Å²) in [5, 5.41) is 14.2. The fourth-order valence-electron chi connectivity index (χ4n) is 1.55. The molecular formula is C15H11Br2ClN2O2S. The van der Waals surface area contributed by atoms with Gasteiger partial charge in [-0.3, -0.25) is 4.79 Å². The number of phenols is 1. The number of nitrogens with zero attached hydrogens (tertiary/aromatic N) is 1. The molecule has 4 nitrogen and oxygen atoms in total. The van der Waals surface area contributed by atoms with Crippen LogP contribution in [0.25, 0.3) is 0 Å². The van der Waals surface area contributed by atoms with Crippen molar-refractivity contribution >= 4 is 67.3 Å². The molecule has 0 aliphatic carbocycles. The molecule has 2 rings (SSSR count). The summed E-state index contributed by atoms with van der Waals surface area (Å²) in [7, 11) is 0. The Morgan fingerprint density at radius 2 is 1.87 bits per heavy atom. The van der Waals surface area contributed by atoms with Gasteiger partial charge in [0.2, 0.25) is 5.91 Å². The minimum atomic E-state index is -0.210. The number of hydrazone groups is 1. The SMILES string of the molecule is O=C(CSc1ccc(Cl)cc1)N/N=C\c1cc(Br)c(O)c(Br)c1. The highest BCUT2D eigenvalue weighted by molar-refractivity contribution is 9.11. The van der Waals surface area contributed by atoms with Gasteiger partial charge in [0, 0.05) is 9.92 Å². The number of thioether (sulfide) groups is 1. The lowest BCUT2D eigenvalue weighted by Gasteiger charge is -2.03. The molecule has 0 saturated heterocycles. The molecule has 0 spiro atoms. The molecule has 1 amide bonds. The van der Waals surface area contributed by atoms with Gasteiger partial charge in [-0.25, -0.2) is 5.43 Å². The molecule has 0 heterocycles. The van der Waals surface area contributed by atoms with E-state index < -0.39 is 0 Å². The van der Waals surface area contributed by atoms with Crippen LogP contribution in [0.4, 0.5) is 0 Å². The van der Waals surface area contributed by atoms with Gasteiger partial charge >= 0.3 is 0 Å². The lowest BCUT2D eigenvalue weighted by atomic mass is 10.2. The maximum atomic E-state index is 11.7. The summed E-state index contributed by atoms with van der Waals surface area (Å²) in [6.45, 7) is 0. The van der Waals surface area contributed by atoms with Gasteiger partial charge in [0.15, 0.2) is 0 Å². The summed E-state index contributed by atoms with van der Waals surface area (Å²) in [4.78, 5) is 12.7. The average molecular weight is 479 g/mol. The molecule has 23 heavy (non-hydrogen) atoms. The van der Waals surface area contributed by atoms with E-state index >= 15 is 0 Å². The van der Waals surface area contributed by atoms with Crippen LogP contribution in [0.3, 0.4) is 0 Å². The van der Waals surface area contributed by atoms with Crippen molar-refractivity contribution < 1.29 is 9.90 Å². The Balaban J connectivity index is 1.85. The Morgan fingerprint density at radius 3 is 2.48 bits per heavy atom. The van der Waals surface area contributed by atoms with Gasteiger partial charge in [-0.05, 0) is 73.8 Å². The van der Waals surface area contributed by atoms with Gasteiger partial charge in [0.1, 0.15) is 5.75 Å². The third-order valence-electron chi connectivity index (χ3n) is 2.63. The zero-order valence-electron chi connectivity index (χ0n) is 11.6.